The second-order valence-electron chi connectivity index (χ2n) is 6.92. The van der Waals surface area contributed by atoms with Gasteiger partial charge in [-0.1, -0.05) is 42.6 Å². The van der Waals surface area contributed by atoms with Gasteiger partial charge in [0.05, 0.1) is 0 Å². The van der Waals surface area contributed by atoms with Gasteiger partial charge in [0.15, 0.2) is 0 Å². The van der Waals surface area contributed by atoms with Gasteiger partial charge in [0.2, 0.25) is 0 Å². The smallest absolute Gasteiger partial charge is 0.253 e. The zero-order chi connectivity index (χ0) is 19.1. The zero-order valence-electron chi connectivity index (χ0n) is 15.4. The Balaban J connectivity index is 1.58. The molecular formula is C22H25ClN2O2. The normalized spacial score (nSPS) is 14.5. The minimum Gasteiger partial charge on any atom is -0.352 e. The average molecular weight is 385 g/mol. The van der Waals surface area contributed by atoms with E-state index < -0.39 is 0 Å². The molecule has 0 spiro atoms. The van der Waals surface area contributed by atoms with Gasteiger partial charge in [0, 0.05) is 35.8 Å². The first-order valence-corrected chi connectivity index (χ1v) is 9.93. The monoisotopic (exact) mass is 384 g/mol. The van der Waals surface area contributed by atoms with Crippen LogP contribution in [0.2, 0.25) is 5.02 Å². The molecule has 2 aromatic carbocycles. The molecule has 0 radical (unpaired) electrons. The Morgan fingerprint density at radius 2 is 1.63 bits per heavy atom. The van der Waals surface area contributed by atoms with Gasteiger partial charge in [-0.25, -0.2) is 0 Å². The van der Waals surface area contributed by atoms with E-state index in [-0.39, 0.29) is 11.8 Å². The molecule has 1 saturated heterocycles. The lowest BCUT2D eigenvalue weighted by Crippen LogP contribution is -2.32. The molecule has 5 heteroatoms. The minimum absolute atomic E-state index is 0.0190. The summed E-state index contributed by atoms with van der Waals surface area (Å²) in [7, 11) is 0. The number of hydrogen-bond donors (Lipinski definition) is 1. The third-order valence-electron chi connectivity index (χ3n) is 4.85. The van der Waals surface area contributed by atoms with Crippen LogP contribution in [0.4, 0.5) is 0 Å². The Kier molecular flexibility index (Phi) is 6.88. The van der Waals surface area contributed by atoms with Crippen LogP contribution in [0.5, 0.6) is 0 Å². The summed E-state index contributed by atoms with van der Waals surface area (Å²) in [6.45, 7) is 2.12. The first-order chi connectivity index (χ1) is 13.1. The molecule has 0 unspecified atom stereocenters. The Labute approximate surface area is 165 Å². The molecule has 3 rings (SSSR count). The summed E-state index contributed by atoms with van der Waals surface area (Å²) in [5.41, 5.74) is 2.18. The van der Waals surface area contributed by atoms with Gasteiger partial charge in [-0.15, -0.1) is 0 Å². The van der Waals surface area contributed by atoms with E-state index in [1.165, 1.54) is 12.8 Å². The second-order valence-corrected chi connectivity index (χ2v) is 7.36. The SMILES string of the molecule is O=C(NCCc1cccc(Cl)c1)c1cccc(C(=O)N2CCCCCC2)c1. The number of hydrogen-bond acceptors (Lipinski definition) is 2. The van der Waals surface area contributed by atoms with E-state index in [4.69, 9.17) is 11.6 Å². The molecular weight excluding hydrogens is 360 g/mol. The zero-order valence-corrected chi connectivity index (χ0v) is 16.2. The lowest BCUT2D eigenvalue weighted by atomic mass is 10.1. The fraction of sp³-hybridized carbons (Fsp3) is 0.364. The predicted molar refractivity (Wildman–Crippen MR) is 108 cm³/mol. The van der Waals surface area contributed by atoms with Crippen molar-refractivity contribution in [1.82, 2.24) is 10.2 Å². The molecule has 0 saturated carbocycles. The van der Waals surface area contributed by atoms with Crippen molar-refractivity contribution in [1.29, 1.82) is 0 Å². The first kappa shape index (κ1) is 19.4. The highest BCUT2D eigenvalue weighted by Crippen LogP contribution is 2.15. The third kappa shape index (κ3) is 5.57. The summed E-state index contributed by atoms with van der Waals surface area (Å²) in [5, 5.41) is 3.61. The molecule has 2 aromatic rings. The quantitative estimate of drug-likeness (QED) is 0.834. The third-order valence-corrected chi connectivity index (χ3v) is 5.09. The summed E-state index contributed by atoms with van der Waals surface area (Å²) in [6, 6.07) is 14.6. The molecule has 0 aromatic heterocycles. The molecule has 1 aliphatic rings. The number of benzene rings is 2. The predicted octanol–water partition coefficient (Wildman–Crippen LogP) is 4.33. The Bertz CT molecular complexity index is 798. The Morgan fingerprint density at radius 3 is 2.37 bits per heavy atom. The summed E-state index contributed by atoms with van der Waals surface area (Å²) < 4.78 is 0. The summed E-state index contributed by atoms with van der Waals surface area (Å²) in [4.78, 5) is 27.1. The van der Waals surface area contributed by atoms with Crippen LogP contribution in [-0.2, 0) is 6.42 Å². The van der Waals surface area contributed by atoms with Crippen LogP contribution in [0.25, 0.3) is 0 Å². The van der Waals surface area contributed by atoms with Gasteiger partial charge in [-0.2, -0.15) is 0 Å². The molecule has 1 fully saturated rings. The molecule has 1 aliphatic heterocycles. The fourth-order valence-corrected chi connectivity index (χ4v) is 3.58. The number of carbonyl (C=O) groups is 2. The van der Waals surface area contributed by atoms with Gasteiger partial charge in [-0.05, 0) is 55.2 Å². The van der Waals surface area contributed by atoms with E-state index in [0.717, 1.165) is 31.5 Å². The highest BCUT2D eigenvalue weighted by molar-refractivity contribution is 6.30. The van der Waals surface area contributed by atoms with Gasteiger partial charge in [-0.3, -0.25) is 9.59 Å². The number of nitrogens with one attached hydrogen (secondary N) is 1. The van der Waals surface area contributed by atoms with E-state index in [0.29, 0.717) is 29.1 Å². The summed E-state index contributed by atoms with van der Waals surface area (Å²) in [5.74, 6) is -0.145. The van der Waals surface area contributed by atoms with Crippen LogP contribution in [-0.4, -0.2) is 36.3 Å². The number of nitrogens with zero attached hydrogens (tertiary/aromatic N) is 1. The Morgan fingerprint density at radius 1 is 0.926 bits per heavy atom. The van der Waals surface area contributed by atoms with Crippen LogP contribution in [0.1, 0.15) is 52.0 Å². The van der Waals surface area contributed by atoms with Crippen molar-refractivity contribution < 1.29 is 9.59 Å². The van der Waals surface area contributed by atoms with Gasteiger partial charge < -0.3 is 10.2 Å². The van der Waals surface area contributed by atoms with E-state index in [1.807, 2.05) is 29.2 Å². The molecule has 0 aliphatic carbocycles. The molecule has 0 atom stereocenters. The molecule has 2 amide bonds. The lowest BCUT2D eigenvalue weighted by molar-refractivity contribution is 0.0761. The van der Waals surface area contributed by atoms with Crippen LogP contribution in [0.15, 0.2) is 48.5 Å². The van der Waals surface area contributed by atoms with Crippen molar-refractivity contribution in [2.45, 2.75) is 32.1 Å². The number of amides is 2. The number of halogens is 1. The van der Waals surface area contributed by atoms with E-state index >= 15 is 0 Å². The molecule has 1 heterocycles. The van der Waals surface area contributed by atoms with Crippen molar-refractivity contribution >= 4 is 23.4 Å². The summed E-state index contributed by atoms with van der Waals surface area (Å²) >= 11 is 5.98. The second kappa shape index (κ2) is 9.56. The number of rotatable bonds is 5. The Hall–Kier alpha value is -2.33. The van der Waals surface area contributed by atoms with Gasteiger partial charge in [0.25, 0.3) is 11.8 Å². The van der Waals surface area contributed by atoms with Crippen LogP contribution in [0, 0.1) is 0 Å². The molecule has 27 heavy (non-hydrogen) atoms. The number of likely N-dealkylation sites (tertiary alicyclic amines) is 1. The summed E-state index contributed by atoms with van der Waals surface area (Å²) in [6.07, 6.45) is 5.17. The standard InChI is InChI=1S/C22H25ClN2O2/c23-20-10-5-7-17(15-20)11-12-24-21(26)18-8-6-9-19(16-18)22(27)25-13-3-1-2-4-14-25/h5-10,15-16H,1-4,11-14H2,(H,24,26). The fourth-order valence-electron chi connectivity index (χ4n) is 3.36. The van der Waals surface area contributed by atoms with Gasteiger partial charge >= 0.3 is 0 Å². The van der Waals surface area contributed by atoms with Crippen LogP contribution < -0.4 is 5.32 Å². The van der Waals surface area contributed by atoms with E-state index in [9.17, 15) is 9.59 Å². The largest absolute Gasteiger partial charge is 0.352 e. The van der Waals surface area contributed by atoms with Crippen molar-refractivity contribution in [3.63, 3.8) is 0 Å². The lowest BCUT2D eigenvalue weighted by Gasteiger charge is -2.20. The maximum absolute atomic E-state index is 12.7. The molecule has 4 nitrogen and oxygen atoms in total. The molecule has 0 bridgehead atoms. The van der Waals surface area contributed by atoms with Crippen LogP contribution in [0.3, 0.4) is 0 Å². The average Bonchev–Trinajstić information content (AvgIpc) is 2.97. The van der Waals surface area contributed by atoms with E-state index in [1.54, 1.807) is 24.3 Å². The van der Waals surface area contributed by atoms with E-state index in [2.05, 4.69) is 5.32 Å². The highest BCUT2D eigenvalue weighted by Gasteiger charge is 2.18. The topological polar surface area (TPSA) is 49.4 Å². The van der Waals surface area contributed by atoms with Crippen molar-refractivity contribution in [2.24, 2.45) is 0 Å². The van der Waals surface area contributed by atoms with Crippen molar-refractivity contribution in [3.05, 3.63) is 70.2 Å². The van der Waals surface area contributed by atoms with Crippen LogP contribution >= 0.6 is 11.6 Å². The highest BCUT2D eigenvalue weighted by atomic mass is 35.5. The van der Waals surface area contributed by atoms with Crippen molar-refractivity contribution in [2.75, 3.05) is 19.6 Å². The van der Waals surface area contributed by atoms with Crippen molar-refractivity contribution in [3.8, 4) is 0 Å². The van der Waals surface area contributed by atoms with Gasteiger partial charge in [0.1, 0.15) is 0 Å². The molecule has 1 N–H and O–H groups in total. The maximum atomic E-state index is 12.7. The number of carbonyl (C=O) groups excluding carboxylic acids is 2. The molecule has 142 valence electrons. The first-order valence-electron chi connectivity index (χ1n) is 9.55. The minimum atomic E-state index is -0.164. The maximum Gasteiger partial charge on any atom is 0.253 e.